The molecule has 4 rings (SSSR count). The lowest BCUT2D eigenvalue weighted by molar-refractivity contribution is -0.116. The summed E-state index contributed by atoms with van der Waals surface area (Å²) in [6, 6.07) is 11.7. The molecule has 1 amide bonds. The van der Waals surface area contributed by atoms with Crippen LogP contribution in [0.5, 0.6) is 0 Å². The van der Waals surface area contributed by atoms with Gasteiger partial charge in [0.25, 0.3) is 5.91 Å². The molecule has 3 heterocycles. The molecule has 0 saturated heterocycles. The topological polar surface area (TPSA) is 111 Å². The van der Waals surface area contributed by atoms with E-state index < -0.39 is 5.91 Å². The van der Waals surface area contributed by atoms with Gasteiger partial charge in [-0.05, 0) is 37.6 Å². The highest BCUT2D eigenvalue weighted by molar-refractivity contribution is 6.31. The normalized spacial score (nSPS) is 11.1. The maximum atomic E-state index is 12.2. The number of nitrogens with one attached hydrogen (secondary N) is 2. The second-order valence-electron chi connectivity index (χ2n) is 7.04. The van der Waals surface area contributed by atoms with E-state index in [9.17, 15) is 4.79 Å². The molecule has 10 heteroatoms. The van der Waals surface area contributed by atoms with Crippen molar-refractivity contribution in [2.75, 3.05) is 5.43 Å². The predicted molar refractivity (Wildman–Crippen MR) is 121 cm³/mol. The fourth-order valence-corrected chi connectivity index (χ4v) is 3.23. The van der Waals surface area contributed by atoms with Crippen molar-refractivity contribution >= 4 is 29.6 Å². The fraction of sp³-hybridized carbons (Fsp3) is 0.136. The van der Waals surface area contributed by atoms with Gasteiger partial charge >= 0.3 is 6.01 Å². The molecule has 1 aromatic carbocycles. The van der Waals surface area contributed by atoms with Gasteiger partial charge in [0, 0.05) is 29.6 Å². The molecule has 0 saturated carbocycles. The third kappa shape index (κ3) is 5.01. The Hall–Kier alpha value is -3.98. The number of anilines is 1. The highest BCUT2D eigenvalue weighted by Crippen LogP contribution is 2.22. The third-order valence-corrected chi connectivity index (χ3v) is 5.02. The van der Waals surface area contributed by atoms with Gasteiger partial charge in [-0.1, -0.05) is 46.6 Å². The Morgan fingerprint density at radius 3 is 2.66 bits per heavy atom. The summed E-state index contributed by atoms with van der Waals surface area (Å²) >= 11 is 6.49. The molecule has 0 aliphatic heterocycles. The molecule has 0 radical (unpaired) electrons. The first-order chi connectivity index (χ1) is 15.5. The van der Waals surface area contributed by atoms with Crippen molar-refractivity contribution in [3.63, 3.8) is 0 Å². The standard InChI is InChI=1S/C22H20ClN7O2/c1-14-3-5-16(6-4-14)13-30-20(23)18(15(2)28-30)7-8-19(31)26-27-22-25-21(29-32-22)17-9-11-24-12-10-17/h3-12H,13H2,1-2H3,(H,26,31)(H,25,27,29). The average Bonchev–Trinajstić information content (AvgIpc) is 3.38. The van der Waals surface area contributed by atoms with E-state index >= 15 is 0 Å². The van der Waals surface area contributed by atoms with Crippen LogP contribution in [-0.2, 0) is 11.3 Å². The van der Waals surface area contributed by atoms with Crippen molar-refractivity contribution in [2.24, 2.45) is 0 Å². The molecule has 0 atom stereocenters. The van der Waals surface area contributed by atoms with E-state index in [2.05, 4.69) is 31.1 Å². The maximum Gasteiger partial charge on any atom is 0.340 e. The molecule has 0 spiro atoms. The Kier molecular flexibility index (Phi) is 6.27. The first kappa shape index (κ1) is 21.3. The van der Waals surface area contributed by atoms with Crippen LogP contribution in [0.1, 0.15) is 22.4 Å². The third-order valence-electron chi connectivity index (χ3n) is 4.62. The lowest BCUT2D eigenvalue weighted by Gasteiger charge is -2.04. The fourth-order valence-electron chi connectivity index (χ4n) is 2.94. The molecule has 2 N–H and O–H groups in total. The zero-order chi connectivity index (χ0) is 22.5. The van der Waals surface area contributed by atoms with Crippen LogP contribution >= 0.6 is 11.6 Å². The van der Waals surface area contributed by atoms with Gasteiger partial charge in [0.15, 0.2) is 0 Å². The Morgan fingerprint density at radius 1 is 1.16 bits per heavy atom. The number of hydrogen-bond donors (Lipinski definition) is 2. The molecule has 0 unspecified atom stereocenters. The van der Waals surface area contributed by atoms with Gasteiger partial charge < -0.3 is 4.52 Å². The van der Waals surface area contributed by atoms with Crippen LogP contribution in [0.15, 0.2) is 59.4 Å². The van der Waals surface area contributed by atoms with Crippen molar-refractivity contribution in [2.45, 2.75) is 20.4 Å². The van der Waals surface area contributed by atoms with Crippen LogP contribution in [0.2, 0.25) is 5.15 Å². The van der Waals surface area contributed by atoms with E-state index in [1.54, 1.807) is 35.3 Å². The summed E-state index contributed by atoms with van der Waals surface area (Å²) in [5, 5.41) is 8.79. The van der Waals surface area contributed by atoms with E-state index in [1.165, 1.54) is 11.6 Å². The number of rotatable bonds is 7. The van der Waals surface area contributed by atoms with Crippen molar-refractivity contribution < 1.29 is 9.32 Å². The van der Waals surface area contributed by atoms with Gasteiger partial charge in [0.1, 0.15) is 5.15 Å². The number of hydrazine groups is 1. The number of pyridine rings is 1. The van der Waals surface area contributed by atoms with Crippen molar-refractivity contribution in [1.82, 2.24) is 30.3 Å². The monoisotopic (exact) mass is 449 g/mol. The van der Waals surface area contributed by atoms with Crippen LogP contribution in [0.3, 0.4) is 0 Å². The lowest BCUT2D eigenvalue weighted by atomic mass is 10.1. The Bertz CT molecular complexity index is 1250. The molecule has 4 aromatic rings. The molecule has 0 aliphatic rings. The van der Waals surface area contributed by atoms with Crippen LogP contribution in [-0.4, -0.2) is 30.8 Å². The SMILES string of the molecule is Cc1ccc(Cn2nc(C)c(C=CC(=O)NNc3nc(-c4ccncc4)no3)c2Cl)cc1. The molecular formula is C22H20ClN7O2. The average molecular weight is 450 g/mol. The first-order valence-corrected chi connectivity index (χ1v) is 10.1. The number of benzene rings is 1. The van der Waals surface area contributed by atoms with Crippen LogP contribution in [0.4, 0.5) is 6.01 Å². The number of amides is 1. The molecule has 0 bridgehead atoms. The van der Waals surface area contributed by atoms with E-state index in [4.69, 9.17) is 16.1 Å². The first-order valence-electron chi connectivity index (χ1n) is 9.76. The molecule has 3 aromatic heterocycles. The summed E-state index contributed by atoms with van der Waals surface area (Å²) in [5.74, 6) is -0.0431. The molecule has 0 fully saturated rings. The maximum absolute atomic E-state index is 12.2. The summed E-state index contributed by atoms with van der Waals surface area (Å²) in [7, 11) is 0. The van der Waals surface area contributed by atoms with E-state index in [0.29, 0.717) is 23.1 Å². The summed E-state index contributed by atoms with van der Waals surface area (Å²) in [6.45, 7) is 4.42. The molecule has 32 heavy (non-hydrogen) atoms. The van der Waals surface area contributed by atoms with Gasteiger partial charge in [-0.3, -0.25) is 15.2 Å². The van der Waals surface area contributed by atoms with Crippen molar-refractivity contribution in [3.05, 3.63) is 82.4 Å². The van der Waals surface area contributed by atoms with Crippen LogP contribution in [0, 0.1) is 13.8 Å². The summed E-state index contributed by atoms with van der Waals surface area (Å²) in [5.41, 5.74) is 9.47. The van der Waals surface area contributed by atoms with Gasteiger partial charge in [-0.2, -0.15) is 10.1 Å². The number of aromatic nitrogens is 5. The van der Waals surface area contributed by atoms with Gasteiger partial charge in [-0.25, -0.2) is 10.1 Å². The Balaban J connectivity index is 1.37. The van der Waals surface area contributed by atoms with E-state index in [-0.39, 0.29) is 6.01 Å². The molecule has 9 nitrogen and oxygen atoms in total. The molecule has 162 valence electrons. The quantitative estimate of drug-likeness (QED) is 0.326. The minimum Gasteiger partial charge on any atom is -0.313 e. The second-order valence-corrected chi connectivity index (χ2v) is 7.40. The second kappa shape index (κ2) is 9.44. The van der Waals surface area contributed by atoms with Gasteiger partial charge in [0.2, 0.25) is 5.82 Å². The minimum absolute atomic E-state index is 0.0543. The summed E-state index contributed by atoms with van der Waals surface area (Å²) in [4.78, 5) is 20.3. The Morgan fingerprint density at radius 2 is 1.91 bits per heavy atom. The van der Waals surface area contributed by atoms with E-state index in [0.717, 1.165) is 16.8 Å². The molecular weight excluding hydrogens is 430 g/mol. The number of aryl methyl sites for hydroxylation is 2. The lowest BCUT2D eigenvalue weighted by Crippen LogP contribution is -2.27. The smallest absolute Gasteiger partial charge is 0.313 e. The highest BCUT2D eigenvalue weighted by Gasteiger charge is 2.12. The number of halogens is 1. The minimum atomic E-state index is -0.421. The summed E-state index contributed by atoms with van der Waals surface area (Å²) < 4.78 is 6.78. The largest absolute Gasteiger partial charge is 0.340 e. The van der Waals surface area contributed by atoms with Crippen molar-refractivity contribution in [1.29, 1.82) is 0 Å². The van der Waals surface area contributed by atoms with Gasteiger partial charge in [-0.15, -0.1) is 0 Å². The van der Waals surface area contributed by atoms with Crippen LogP contribution < -0.4 is 10.9 Å². The van der Waals surface area contributed by atoms with Gasteiger partial charge in [0.05, 0.1) is 12.2 Å². The summed E-state index contributed by atoms with van der Waals surface area (Å²) in [6.07, 6.45) is 6.21. The van der Waals surface area contributed by atoms with E-state index in [1.807, 2.05) is 38.1 Å². The van der Waals surface area contributed by atoms with Crippen molar-refractivity contribution in [3.8, 4) is 11.4 Å². The Labute approximate surface area is 189 Å². The number of carbonyl (C=O) groups excluding carboxylic acids is 1. The van der Waals surface area contributed by atoms with Crippen LogP contribution in [0.25, 0.3) is 17.5 Å². The molecule has 0 aliphatic carbocycles. The zero-order valence-electron chi connectivity index (χ0n) is 17.4. The number of carbonyl (C=O) groups is 1. The number of hydrogen-bond acceptors (Lipinski definition) is 7. The zero-order valence-corrected chi connectivity index (χ0v) is 18.2. The predicted octanol–water partition coefficient (Wildman–Crippen LogP) is 3.80. The highest BCUT2D eigenvalue weighted by atomic mass is 35.5. The number of nitrogens with zero attached hydrogens (tertiary/aromatic N) is 5.